The zero-order valence-corrected chi connectivity index (χ0v) is 14.7. The molecule has 9 heteroatoms. The van der Waals surface area contributed by atoms with Gasteiger partial charge in [-0.15, -0.1) is 11.6 Å². The number of carbonyl (C=O) groups excluding carboxylic acids is 1. The van der Waals surface area contributed by atoms with E-state index in [0.717, 1.165) is 12.8 Å². The highest BCUT2D eigenvalue weighted by molar-refractivity contribution is 7.89. The van der Waals surface area contributed by atoms with Crippen molar-refractivity contribution in [3.8, 4) is 0 Å². The molecule has 3 atom stereocenters. The first-order valence-electron chi connectivity index (χ1n) is 7.90. The molecule has 0 saturated carbocycles. The number of sulfonamides is 1. The van der Waals surface area contributed by atoms with Crippen LogP contribution in [0.1, 0.15) is 32.1 Å². The molecule has 2 bridgehead atoms. The fourth-order valence-corrected chi connectivity index (χ4v) is 4.96. The van der Waals surface area contributed by atoms with Gasteiger partial charge in [-0.05, 0) is 38.5 Å². The van der Waals surface area contributed by atoms with Gasteiger partial charge in [-0.1, -0.05) is 0 Å². The fraction of sp³-hybridized carbons (Fsp3) is 0.857. The molecule has 2 aliphatic heterocycles. The summed E-state index contributed by atoms with van der Waals surface area (Å²) in [5, 5.41) is 10.2. The maximum Gasteiger partial charge on any atom is 0.237 e. The molecule has 1 unspecified atom stereocenters. The minimum atomic E-state index is -3.43. The maximum absolute atomic E-state index is 11.9. The van der Waals surface area contributed by atoms with Gasteiger partial charge in [-0.3, -0.25) is 9.69 Å². The standard InChI is InChI=1S/C14H25ClN3O4S/c15-7-2-8-23(21,22)17-9-12(19)10-18-11-3-1-5-14(18,6-4-11)13(16)20/h1,11-12,17,19H,2-10H2,(H2,16,20)/t11-,12?,14+/m1/s1. The van der Waals surface area contributed by atoms with Crippen molar-refractivity contribution in [1.82, 2.24) is 9.62 Å². The van der Waals surface area contributed by atoms with Crippen molar-refractivity contribution in [1.29, 1.82) is 0 Å². The highest BCUT2D eigenvalue weighted by atomic mass is 35.5. The molecule has 2 aliphatic rings. The predicted octanol–water partition coefficient (Wildman–Crippen LogP) is -0.418. The van der Waals surface area contributed by atoms with Crippen LogP contribution in [0, 0.1) is 6.42 Å². The zero-order valence-electron chi connectivity index (χ0n) is 13.1. The number of nitrogens with zero attached hydrogens (tertiary/aromatic N) is 1. The van der Waals surface area contributed by atoms with Crippen LogP contribution in [0.25, 0.3) is 0 Å². The molecule has 23 heavy (non-hydrogen) atoms. The van der Waals surface area contributed by atoms with Gasteiger partial charge in [0.2, 0.25) is 15.9 Å². The van der Waals surface area contributed by atoms with Crippen molar-refractivity contribution in [2.24, 2.45) is 5.73 Å². The van der Waals surface area contributed by atoms with E-state index in [2.05, 4.69) is 11.1 Å². The number of carbonyl (C=O) groups is 1. The Balaban J connectivity index is 1.92. The maximum atomic E-state index is 11.9. The number of rotatable bonds is 9. The van der Waals surface area contributed by atoms with Crippen molar-refractivity contribution in [3.05, 3.63) is 6.42 Å². The summed E-state index contributed by atoms with van der Waals surface area (Å²) in [6, 6.07) is 0.193. The van der Waals surface area contributed by atoms with Crippen molar-refractivity contribution in [2.45, 2.75) is 49.8 Å². The molecule has 4 N–H and O–H groups in total. The third-order valence-corrected chi connectivity index (χ3v) is 6.45. The smallest absolute Gasteiger partial charge is 0.237 e. The molecular weight excluding hydrogens is 342 g/mol. The topological polar surface area (TPSA) is 113 Å². The van der Waals surface area contributed by atoms with Gasteiger partial charge >= 0.3 is 0 Å². The number of fused-ring (bicyclic) bond motifs is 2. The molecule has 0 aliphatic carbocycles. The molecule has 2 saturated heterocycles. The summed E-state index contributed by atoms with van der Waals surface area (Å²) in [6.45, 7) is 0.159. The van der Waals surface area contributed by atoms with Crippen LogP contribution in [0.15, 0.2) is 0 Å². The molecule has 2 rings (SSSR count). The van der Waals surface area contributed by atoms with Crippen LogP contribution >= 0.6 is 11.6 Å². The van der Waals surface area contributed by atoms with Crippen LogP contribution in [0.5, 0.6) is 0 Å². The molecule has 1 radical (unpaired) electrons. The van der Waals surface area contributed by atoms with Gasteiger partial charge in [0.1, 0.15) is 5.54 Å². The number of nitrogens with two attached hydrogens (primary N) is 1. The van der Waals surface area contributed by atoms with E-state index in [1.54, 1.807) is 0 Å². The summed E-state index contributed by atoms with van der Waals surface area (Å²) >= 11 is 5.49. The van der Waals surface area contributed by atoms with E-state index < -0.39 is 21.7 Å². The molecule has 0 spiro atoms. The van der Waals surface area contributed by atoms with E-state index in [1.807, 2.05) is 4.90 Å². The molecule has 0 aromatic carbocycles. The van der Waals surface area contributed by atoms with E-state index in [4.69, 9.17) is 17.3 Å². The van der Waals surface area contributed by atoms with Crippen LogP contribution in [0.4, 0.5) is 0 Å². The van der Waals surface area contributed by atoms with E-state index in [9.17, 15) is 18.3 Å². The Morgan fingerprint density at radius 1 is 1.57 bits per heavy atom. The molecule has 7 nitrogen and oxygen atoms in total. The van der Waals surface area contributed by atoms with Gasteiger partial charge in [-0.2, -0.15) is 0 Å². The fourth-order valence-electron chi connectivity index (χ4n) is 3.55. The second-order valence-corrected chi connectivity index (χ2v) is 8.64. The van der Waals surface area contributed by atoms with Gasteiger partial charge in [0.15, 0.2) is 0 Å². The number of piperidine rings is 1. The SMILES string of the molecule is NC(=O)[C@]12C[CH]C[C@H](CC1)N2CC(O)CNS(=O)(=O)CCCCl. The summed E-state index contributed by atoms with van der Waals surface area (Å²) in [5.74, 6) is -0.155. The summed E-state index contributed by atoms with van der Waals surface area (Å²) in [5.41, 5.74) is 4.88. The van der Waals surface area contributed by atoms with E-state index in [-0.39, 0.29) is 36.7 Å². The number of hydrogen-bond donors (Lipinski definition) is 3. The number of halogens is 1. The number of primary amides is 1. The Morgan fingerprint density at radius 3 is 2.96 bits per heavy atom. The first-order chi connectivity index (χ1) is 10.8. The number of amides is 1. The monoisotopic (exact) mass is 366 g/mol. The number of alkyl halides is 1. The van der Waals surface area contributed by atoms with Crippen molar-refractivity contribution >= 4 is 27.5 Å². The number of aliphatic hydroxyl groups excluding tert-OH is 1. The Morgan fingerprint density at radius 2 is 2.30 bits per heavy atom. The lowest BCUT2D eigenvalue weighted by Gasteiger charge is -2.43. The Bertz CT molecular complexity index is 526. The zero-order chi connectivity index (χ0) is 17.1. The van der Waals surface area contributed by atoms with Crippen molar-refractivity contribution in [2.75, 3.05) is 24.7 Å². The summed E-state index contributed by atoms with van der Waals surface area (Å²) in [6.07, 6.45) is 4.57. The van der Waals surface area contributed by atoms with E-state index >= 15 is 0 Å². The minimum Gasteiger partial charge on any atom is -0.390 e. The quantitative estimate of drug-likeness (QED) is 0.480. The van der Waals surface area contributed by atoms with Gasteiger partial charge in [0.05, 0.1) is 11.9 Å². The third-order valence-electron chi connectivity index (χ3n) is 4.75. The van der Waals surface area contributed by atoms with E-state index in [1.165, 1.54) is 0 Å². The van der Waals surface area contributed by atoms with Gasteiger partial charge in [-0.25, -0.2) is 13.1 Å². The first-order valence-corrected chi connectivity index (χ1v) is 10.1. The Labute approximate surface area is 142 Å². The Hall–Kier alpha value is -0.410. The summed E-state index contributed by atoms with van der Waals surface area (Å²) < 4.78 is 25.8. The first kappa shape index (κ1) is 18.9. The molecule has 2 fully saturated rings. The van der Waals surface area contributed by atoms with Gasteiger partial charge in [0.25, 0.3) is 0 Å². The largest absolute Gasteiger partial charge is 0.390 e. The normalized spacial score (nSPS) is 29.6. The van der Waals surface area contributed by atoms with Crippen LogP contribution < -0.4 is 10.5 Å². The van der Waals surface area contributed by atoms with Crippen molar-refractivity contribution < 1.29 is 18.3 Å². The number of nitrogens with one attached hydrogen (secondary N) is 1. The lowest BCUT2D eigenvalue weighted by Crippen LogP contribution is -2.60. The summed E-state index contributed by atoms with van der Waals surface area (Å²) in [4.78, 5) is 13.9. The van der Waals surface area contributed by atoms with Crippen molar-refractivity contribution in [3.63, 3.8) is 0 Å². The van der Waals surface area contributed by atoms with Gasteiger partial charge in [0, 0.05) is 25.0 Å². The predicted molar refractivity (Wildman–Crippen MR) is 88.3 cm³/mol. The summed E-state index contributed by atoms with van der Waals surface area (Å²) in [7, 11) is -3.43. The lowest BCUT2D eigenvalue weighted by molar-refractivity contribution is -0.131. The second kappa shape index (κ2) is 7.65. The molecular formula is C14H25ClN3O4S. The number of β-amino-alcohol motifs (C(OH)–C–C–N with tert-alkyl or cyclic N) is 1. The van der Waals surface area contributed by atoms with Crippen LogP contribution in [0.3, 0.4) is 0 Å². The van der Waals surface area contributed by atoms with Crippen LogP contribution in [-0.4, -0.2) is 66.7 Å². The lowest BCUT2D eigenvalue weighted by atomic mass is 9.87. The van der Waals surface area contributed by atoms with Crippen LogP contribution in [-0.2, 0) is 14.8 Å². The average molecular weight is 367 g/mol. The molecule has 0 aromatic rings. The highest BCUT2D eigenvalue weighted by Gasteiger charge is 2.52. The van der Waals surface area contributed by atoms with Crippen LogP contribution in [0.2, 0.25) is 0 Å². The number of hydrogen-bond acceptors (Lipinski definition) is 5. The molecule has 133 valence electrons. The minimum absolute atomic E-state index is 0.0598. The number of aliphatic hydroxyl groups is 1. The van der Waals surface area contributed by atoms with E-state index in [0.29, 0.717) is 19.3 Å². The Kier molecular flexibility index (Phi) is 6.29. The third kappa shape index (κ3) is 4.36. The van der Waals surface area contributed by atoms with Gasteiger partial charge < -0.3 is 10.8 Å². The second-order valence-electron chi connectivity index (χ2n) is 6.33. The molecule has 2 heterocycles. The molecule has 0 aromatic heterocycles. The highest BCUT2D eigenvalue weighted by Crippen LogP contribution is 2.43. The average Bonchev–Trinajstić information content (AvgIpc) is 2.71. The molecule has 1 amide bonds.